The molecular weight excluding hydrogens is 218 g/mol. The number of carboxylic acids is 1. The SMILES string of the molecule is COc1cccc2[nH]c(C(C)C)c(C(=O)O)c12. The highest BCUT2D eigenvalue weighted by atomic mass is 16.5. The first-order valence-electron chi connectivity index (χ1n) is 5.48. The highest BCUT2D eigenvalue weighted by Gasteiger charge is 2.22. The maximum atomic E-state index is 11.4. The van der Waals surface area contributed by atoms with Gasteiger partial charge in [-0.05, 0) is 18.1 Å². The fourth-order valence-electron chi connectivity index (χ4n) is 2.06. The summed E-state index contributed by atoms with van der Waals surface area (Å²) in [7, 11) is 1.54. The summed E-state index contributed by atoms with van der Waals surface area (Å²) in [6, 6.07) is 5.47. The number of aromatic amines is 1. The van der Waals surface area contributed by atoms with Crippen molar-refractivity contribution in [3.05, 3.63) is 29.5 Å². The number of hydrogen-bond acceptors (Lipinski definition) is 2. The molecule has 0 saturated heterocycles. The molecule has 0 radical (unpaired) electrons. The van der Waals surface area contributed by atoms with Crippen molar-refractivity contribution in [2.24, 2.45) is 0 Å². The Hall–Kier alpha value is -1.97. The Morgan fingerprint density at radius 1 is 1.41 bits per heavy atom. The van der Waals surface area contributed by atoms with Crippen LogP contribution in [-0.2, 0) is 0 Å². The molecule has 2 aromatic rings. The van der Waals surface area contributed by atoms with Gasteiger partial charge in [0.2, 0.25) is 0 Å². The number of ether oxygens (including phenoxy) is 1. The molecule has 2 N–H and O–H groups in total. The van der Waals surface area contributed by atoms with Crippen LogP contribution in [0.2, 0.25) is 0 Å². The fraction of sp³-hybridized carbons (Fsp3) is 0.308. The van der Waals surface area contributed by atoms with Crippen molar-refractivity contribution in [3.63, 3.8) is 0 Å². The van der Waals surface area contributed by atoms with Crippen molar-refractivity contribution in [1.29, 1.82) is 0 Å². The molecule has 0 spiro atoms. The van der Waals surface area contributed by atoms with Crippen molar-refractivity contribution in [3.8, 4) is 5.75 Å². The van der Waals surface area contributed by atoms with Gasteiger partial charge in [-0.15, -0.1) is 0 Å². The molecule has 4 heteroatoms. The Balaban J connectivity index is 2.86. The Morgan fingerprint density at radius 3 is 2.65 bits per heavy atom. The van der Waals surface area contributed by atoms with Gasteiger partial charge in [0, 0.05) is 5.69 Å². The number of carbonyl (C=O) groups is 1. The van der Waals surface area contributed by atoms with E-state index in [1.807, 2.05) is 26.0 Å². The standard InChI is InChI=1S/C13H15NO3/c1-7(2)12-11(13(15)16)10-8(14-12)5-4-6-9(10)17-3/h4-7,14H,1-3H3,(H,15,16). The molecule has 4 nitrogen and oxygen atoms in total. The highest BCUT2D eigenvalue weighted by Crippen LogP contribution is 2.33. The third-order valence-corrected chi connectivity index (χ3v) is 2.83. The van der Waals surface area contributed by atoms with E-state index in [9.17, 15) is 9.90 Å². The lowest BCUT2D eigenvalue weighted by Gasteiger charge is -2.05. The number of methoxy groups -OCH3 is 1. The first-order valence-corrected chi connectivity index (χ1v) is 5.48. The van der Waals surface area contributed by atoms with E-state index in [1.165, 1.54) is 0 Å². The monoisotopic (exact) mass is 233 g/mol. The Kier molecular flexibility index (Phi) is 2.79. The molecule has 0 saturated carbocycles. The molecule has 0 aliphatic carbocycles. The lowest BCUT2D eigenvalue weighted by atomic mass is 10.0. The molecule has 1 heterocycles. The summed E-state index contributed by atoms with van der Waals surface area (Å²) in [5.74, 6) is -0.217. The molecule has 0 bridgehead atoms. The number of aromatic nitrogens is 1. The minimum atomic E-state index is -0.926. The molecule has 2 rings (SSSR count). The van der Waals surface area contributed by atoms with Gasteiger partial charge >= 0.3 is 5.97 Å². The minimum Gasteiger partial charge on any atom is -0.496 e. The minimum absolute atomic E-state index is 0.123. The van der Waals surface area contributed by atoms with Crippen LogP contribution >= 0.6 is 0 Å². The van der Waals surface area contributed by atoms with Gasteiger partial charge < -0.3 is 14.8 Å². The normalized spacial score (nSPS) is 11.1. The highest BCUT2D eigenvalue weighted by molar-refractivity contribution is 6.07. The molecule has 0 amide bonds. The summed E-state index contributed by atoms with van der Waals surface area (Å²) < 4.78 is 5.23. The predicted octanol–water partition coefficient (Wildman–Crippen LogP) is 3.00. The van der Waals surface area contributed by atoms with E-state index in [-0.39, 0.29) is 5.92 Å². The second-order valence-corrected chi connectivity index (χ2v) is 4.26. The number of nitrogens with one attached hydrogen (secondary N) is 1. The van der Waals surface area contributed by atoms with Crippen LogP contribution in [0.4, 0.5) is 0 Å². The second-order valence-electron chi connectivity index (χ2n) is 4.26. The molecule has 0 aliphatic heterocycles. The number of rotatable bonds is 3. The molecule has 0 aliphatic rings. The molecular formula is C13H15NO3. The quantitative estimate of drug-likeness (QED) is 0.856. The largest absolute Gasteiger partial charge is 0.496 e. The number of benzene rings is 1. The first-order chi connectivity index (χ1) is 8.06. The van der Waals surface area contributed by atoms with Crippen molar-refractivity contribution >= 4 is 16.9 Å². The average molecular weight is 233 g/mol. The maximum Gasteiger partial charge on any atom is 0.338 e. The smallest absolute Gasteiger partial charge is 0.338 e. The van der Waals surface area contributed by atoms with Gasteiger partial charge in [-0.2, -0.15) is 0 Å². The van der Waals surface area contributed by atoms with Gasteiger partial charge in [-0.1, -0.05) is 19.9 Å². The fourth-order valence-corrected chi connectivity index (χ4v) is 2.06. The third kappa shape index (κ3) is 1.75. The predicted molar refractivity (Wildman–Crippen MR) is 65.9 cm³/mol. The van der Waals surface area contributed by atoms with E-state index in [0.717, 1.165) is 11.2 Å². The molecule has 1 aromatic heterocycles. The van der Waals surface area contributed by atoms with Crippen LogP contribution in [-0.4, -0.2) is 23.2 Å². The molecule has 90 valence electrons. The van der Waals surface area contributed by atoms with Crippen LogP contribution in [0.25, 0.3) is 10.9 Å². The summed E-state index contributed by atoms with van der Waals surface area (Å²) >= 11 is 0. The van der Waals surface area contributed by atoms with Crippen LogP contribution in [0.3, 0.4) is 0 Å². The van der Waals surface area contributed by atoms with Crippen LogP contribution in [0, 0.1) is 0 Å². The summed E-state index contributed by atoms with van der Waals surface area (Å²) in [6.45, 7) is 3.92. The summed E-state index contributed by atoms with van der Waals surface area (Å²) in [6.07, 6.45) is 0. The topological polar surface area (TPSA) is 62.3 Å². The second kappa shape index (κ2) is 4.13. The van der Waals surface area contributed by atoms with Gasteiger partial charge in [0.15, 0.2) is 0 Å². The lowest BCUT2D eigenvalue weighted by Crippen LogP contribution is -2.02. The van der Waals surface area contributed by atoms with Gasteiger partial charge in [-0.25, -0.2) is 4.79 Å². The van der Waals surface area contributed by atoms with E-state index in [1.54, 1.807) is 13.2 Å². The number of hydrogen-bond donors (Lipinski definition) is 2. The summed E-state index contributed by atoms with van der Waals surface area (Å²) in [5.41, 5.74) is 1.84. The molecule has 0 atom stereocenters. The Labute approximate surface area is 99.2 Å². The van der Waals surface area contributed by atoms with Crippen molar-refractivity contribution in [1.82, 2.24) is 4.98 Å². The van der Waals surface area contributed by atoms with E-state index < -0.39 is 5.97 Å². The average Bonchev–Trinajstić information content (AvgIpc) is 2.67. The van der Waals surface area contributed by atoms with Crippen molar-refractivity contribution < 1.29 is 14.6 Å². The number of carboxylic acid groups (broad SMARTS) is 1. The van der Waals surface area contributed by atoms with E-state index in [4.69, 9.17) is 4.74 Å². The van der Waals surface area contributed by atoms with Crippen LogP contribution in [0.1, 0.15) is 35.8 Å². The zero-order valence-electron chi connectivity index (χ0n) is 10.1. The molecule has 0 fully saturated rings. The van der Waals surface area contributed by atoms with Gasteiger partial charge in [0.1, 0.15) is 5.75 Å². The maximum absolute atomic E-state index is 11.4. The first kappa shape index (κ1) is 11.5. The van der Waals surface area contributed by atoms with Gasteiger partial charge in [0.25, 0.3) is 0 Å². The van der Waals surface area contributed by atoms with E-state index in [2.05, 4.69) is 4.98 Å². The zero-order valence-corrected chi connectivity index (χ0v) is 10.1. The van der Waals surface area contributed by atoms with Gasteiger partial charge in [-0.3, -0.25) is 0 Å². The number of aromatic carboxylic acids is 1. The number of fused-ring (bicyclic) bond motifs is 1. The Morgan fingerprint density at radius 2 is 2.12 bits per heavy atom. The molecule has 1 aromatic carbocycles. The van der Waals surface area contributed by atoms with Crippen LogP contribution < -0.4 is 4.74 Å². The lowest BCUT2D eigenvalue weighted by molar-refractivity contribution is 0.0697. The van der Waals surface area contributed by atoms with Crippen molar-refractivity contribution in [2.75, 3.05) is 7.11 Å². The van der Waals surface area contributed by atoms with Gasteiger partial charge in [0.05, 0.1) is 23.6 Å². The van der Waals surface area contributed by atoms with Crippen LogP contribution in [0.5, 0.6) is 5.75 Å². The summed E-state index contributed by atoms with van der Waals surface area (Å²) in [4.78, 5) is 14.6. The zero-order chi connectivity index (χ0) is 12.6. The summed E-state index contributed by atoms with van der Waals surface area (Å²) in [5, 5.41) is 9.99. The number of H-pyrrole nitrogens is 1. The van der Waals surface area contributed by atoms with E-state index in [0.29, 0.717) is 16.7 Å². The molecule has 0 unspecified atom stereocenters. The van der Waals surface area contributed by atoms with E-state index >= 15 is 0 Å². The third-order valence-electron chi connectivity index (χ3n) is 2.83. The Bertz CT molecular complexity index is 569. The van der Waals surface area contributed by atoms with Crippen molar-refractivity contribution in [2.45, 2.75) is 19.8 Å². The molecule has 17 heavy (non-hydrogen) atoms. The van der Waals surface area contributed by atoms with Crippen LogP contribution in [0.15, 0.2) is 18.2 Å².